The van der Waals surface area contributed by atoms with Crippen LogP contribution in [0.15, 0.2) is 45.1 Å². The van der Waals surface area contributed by atoms with Gasteiger partial charge < -0.3 is 10.1 Å². The highest BCUT2D eigenvalue weighted by atomic mass is 79.9. The highest BCUT2D eigenvalue weighted by molar-refractivity contribution is 9.11. The molecule has 1 saturated heterocycles. The lowest BCUT2D eigenvalue weighted by Crippen LogP contribution is -2.36. The molecule has 0 bridgehead atoms. The van der Waals surface area contributed by atoms with E-state index in [1.54, 1.807) is 30.3 Å². The molecule has 9 heteroatoms. The Morgan fingerprint density at radius 2 is 1.96 bits per heavy atom. The minimum Gasteiger partial charge on any atom is -0.494 e. The fourth-order valence-electron chi connectivity index (χ4n) is 2.32. The zero-order valence-corrected chi connectivity index (χ0v) is 17.4. The van der Waals surface area contributed by atoms with E-state index < -0.39 is 17.1 Å². The summed E-state index contributed by atoms with van der Waals surface area (Å²) in [6.07, 6.45) is 1.66. The van der Waals surface area contributed by atoms with Crippen LogP contribution in [-0.2, 0) is 9.59 Å². The number of nitrogens with one attached hydrogen (secondary N) is 1. The number of rotatable bonds is 6. The Balaban J connectivity index is 1.62. The summed E-state index contributed by atoms with van der Waals surface area (Å²) in [5.74, 6) is -0.204. The smallest absolute Gasteiger partial charge is 0.294 e. The summed E-state index contributed by atoms with van der Waals surface area (Å²) in [5.41, 5.74) is 0.564. The van der Waals surface area contributed by atoms with E-state index in [2.05, 4.69) is 21.2 Å². The predicted octanol–water partition coefficient (Wildman–Crippen LogP) is 4.58. The van der Waals surface area contributed by atoms with Crippen LogP contribution < -0.4 is 10.1 Å². The number of carbonyl (C=O) groups excluding carboxylic acids is 3. The van der Waals surface area contributed by atoms with Gasteiger partial charge in [0.25, 0.3) is 11.1 Å². The Bertz CT molecular complexity index is 908. The van der Waals surface area contributed by atoms with Crippen LogP contribution in [0.4, 0.5) is 10.5 Å². The van der Waals surface area contributed by atoms with Crippen molar-refractivity contribution in [1.29, 1.82) is 0 Å². The van der Waals surface area contributed by atoms with Crippen LogP contribution >= 0.6 is 39.0 Å². The minimum absolute atomic E-state index is 0.309. The van der Waals surface area contributed by atoms with Crippen LogP contribution in [-0.4, -0.2) is 35.1 Å². The molecule has 27 heavy (non-hydrogen) atoms. The van der Waals surface area contributed by atoms with Crippen LogP contribution in [0, 0.1) is 0 Å². The zero-order valence-electron chi connectivity index (χ0n) is 14.2. The van der Waals surface area contributed by atoms with Gasteiger partial charge in [-0.2, -0.15) is 0 Å². The molecule has 0 spiro atoms. The van der Waals surface area contributed by atoms with Crippen molar-refractivity contribution in [1.82, 2.24) is 4.90 Å². The van der Waals surface area contributed by atoms with Gasteiger partial charge in [0.2, 0.25) is 5.91 Å². The van der Waals surface area contributed by atoms with Gasteiger partial charge in [-0.05, 0) is 77.1 Å². The third-order valence-corrected chi connectivity index (χ3v) is 5.97. The topological polar surface area (TPSA) is 75.7 Å². The Morgan fingerprint density at radius 3 is 2.59 bits per heavy atom. The fraction of sp³-hybridized carbons (Fsp3) is 0.167. The molecule has 0 aliphatic carbocycles. The first-order chi connectivity index (χ1) is 13.0. The predicted molar refractivity (Wildman–Crippen MR) is 111 cm³/mol. The minimum atomic E-state index is -0.462. The molecule has 2 aromatic rings. The quantitative estimate of drug-likeness (QED) is 0.630. The van der Waals surface area contributed by atoms with E-state index in [0.29, 0.717) is 22.9 Å². The maximum atomic E-state index is 12.4. The molecule has 0 unspecified atom stereocenters. The van der Waals surface area contributed by atoms with Gasteiger partial charge in [0.15, 0.2) is 0 Å². The number of nitrogens with zero attached hydrogens (tertiary/aromatic N) is 1. The first-order valence-electron chi connectivity index (χ1n) is 7.99. The van der Waals surface area contributed by atoms with Crippen LogP contribution in [0.5, 0.6) is 5.75 Å². The summed E-state index contributed by atoms with van der Waals surface area (Å²) in [7, 11) is 0. The maximum Gasteiger partial charge on any atom is 0.294 e. The van der Waals surface area contributed by atoms with Crippen LogP contribution in [0.3, 0.4) is 0 Å². The van der Waals surface area contributed by atoms with Crippen molar-refractivity contribution in [2.24, 2.45) is 0 Å². The Hall–Kier alpha value is -2.10. The zero-order chi connectivity index (χ0) is 19.4. The van der Waals surface area contributed by atoms with Crippen molar-refractivity contribution in [3.05, 3.63) is 50.0 Å². The number of hydrogen-bond acceptors (Lipinski definition) is 6. The van der Waals surface area contributed by atoms with Crippen LogP contribution in [0.2, 0.25) is 0 Å². The molecule has 3 rings (SSSR count). The number of ether oxygens (including phenoxy) is 1. The molecule has 1 fully saturated rings. The lowest BCUT2D eigenvalue weighted by Gasteiger charge is -2.12. The number of imide groups is 1. The highest BCUT2D eigenvalue weighted by Gasteiger charge is 2.36. The van der Waals surface area contributed by atoms with Gasteiger partial charge >= 0.3 is 0 Å². The third kappa shape index (κ3) is 5.00. The van der Waals surface area contributed by atoms with Gasteiger partial charge in [-0.25, -0.2) is 0 Å². The number of hydrogen-bond donors (Lipinski definition) is 1. The standard InChI is InChI=1S/C18H15BrN2O4S2/c1-2-25-12-5-3-11(4-6-12)20-16(22)10-21-17(23)14(27-18(21)24)9-13-7-8-15(19)26-13/h3-9H,2,10H2,1H3,(H,20,22)/b14-9+. The van der Waals surface area contributed by atoms with E-state index in [-0.39, 0.29) is 6.54 Å². The van der Waals surface area contributed by atoms with Crippen LogP contribution in [0.25, 0.3) is 6.08 Å². The number of amides is 3. The van der Waals surface area contributed by atoms with Gasteiger partial charge in [-0.1, -0.05) is 0 Å². The lowest BCUT2D eigenvalue weighted by atomic mass is 10.3. The lowest BCUT2D eigenvalue weighted by molar-refractivity contribution is -0.127. The van der Waals surface area contributed by atoms with E-state index in [4.69, 9.17) is 4.74 Å². The van der Waals surface area contributed by atoms with E-state index in [1.165, 1.54) is 11.3 Å². The fourth-order valence-corrected chi connectivity index (χ4v) is 4.59. The molecule has 1 aromatic carbocycles. The summed E-state index contributed by atoms with van der Waals surface area (Å²) >= 11 is 5.65. The second-order valence-electron chi connectivity index (χ2n) is 5.42. The molecule has 0 atom stereocenters. The summed E-state index contributed by atoms with van der Waals surface area (Å²) in [6, 6.07) is 10.6. The Kier molecular flexibility index (Phi) is 6.35. The average Bonchev–Trinajstić information content (AvgIpc) is 3.15. The van der Waals surface area contributed by atoms with Gasteiger partial charge in [-0.15, -0.1) is 11.3 Å². The molecule has 140 valence electrons. The van der Waals surface area contributed by atoms with E-state index in [9.17, 15) is 14.4 Å². The number of halogens is 1. The Labute approximate surface area is 172 Å². The number of benzene rings is 1. The molecule has 2 heterocycles. The highest BCUT2D eigenvalue weighted by Crippen LogP contribution is 2.34. The molecular formula is C18H15BrN2O4S2. The molecular weight excluding hydrogens is 452 g/mol. The van der Waals surface area contributed by atoms with Crippen molar-refractivity contribution in [2.45, 2.75) is 6.92 Å². The van der Waals surface area contributed by atoms with Gasteiger partial charge in [-0.3, -0.25) is 19.3 Å². The van der Waals surface area contributed by atoms with E-state index in [1.807, 2.05) is 19.1 Å². The second kappa shape index (κ2) is 8.73. The molecule has 3 amide bonds. The van der Waals surface area contributed by atoms with Crippen molar-refractivity contribution < 1.29 is 19.1 Å². The normalized spacial score (nSPS) is 15.5. The van der Waals surface area contributed by atoms with Gasteiger partial charge in [0, 0.05) is 10.6 Å². The molecule has 1 aromatic heterocycles. The first-order valence-corrected chi connectivity index (χ1v) is 10.4. The number of anilines is 1. The summed E-state index contributed by atoms with van der Waals surface area (Å²) in [5, 5.41) is 2.22. The summed E-state index contributed by atoms with van der Waals surface area (Å²) in [6.45, 7) is 2.11. The average molecular weight is 467 g/mol. The molecule has 1 N–H and O–H groups in total. The van der Waals surface area contributed by atoms with Gasteiger partial charge in [0.1, 0.15) is 12.3 Å². The molecule has 1 aliphatic heterocycles. The SMILES string of the molecule is CCOc1ccc(NC(=O)CN2C(=O)S/C(=C/c3ccc(Br)s3)C2=O)cc1. The summed E-state index contributed by atoms with van der Waals surface area (Å²) < 4.78 is 6.28. The van der Waals surface area contributed by atoms with Crippen molar-refractivity contribution >= 4 is 67.8 Å². The van der Waals surface area contributed by atoms with E-state index in [0.717, 1.165) is 25.3 Å². The second-order valence-corrected chi connectivity index (χ2v) is 8.90. The number of thioether (sulfide) groups is 1. The van der Waals surface area contributed by atoms with Gasteiger partial charge in [0.05, 0.1) is 15.3 Å². The first kappa shape index (κ1) is 19.7. The number of thiophene rings is 1. The van der Waals surface area contributed by atoms with Crippen molar-refractivity contribution in [3.8, 4) is 5.75 Å². The molecule has 0 saturated carbocycles. The summed E-state index contributed by atoms with van der Waals surface area (Å²) in [4.78, 5) is 38.9. The third-order valence-electron chi connectivity index (χ3n) is 3.49. The Morgan fingerprint density at radius 1 is 1.22 bits per heavy atom. The van der Waals surface area contributed by atoms with E-state index >= 15 is 0 Å². The maximum absolute atomic E-state index is 12.4. The molecule has 1 aliphatic rings. The molecule has 6 nitrogen and oxygen atoms in total. The monoisotopic (exact) mass is 466 g/mol. The van der Waals surface area contributed by atoms with Crippen LogP contribution in [0.1, 0.15) is 11.8 Å². The number of carbonyl (C=O) groups is 3. The largest absolute Gasteiger partial charge is 0.494 e. The van der Waals surface area contributed by atoms with Crippen molar-refractivity contribution in [2.75, 3.05) is 18.5 Å². The molecule has 0 radical (unpaired) electrons. The van der Waals surface area contributed by atoms with Crippen molar-refractivity contribution in [3.63, 3.8) is 0 Å².